The van der Waals surface area contributed by atoms with Crippen LogP contribution in [-0.2, 0) is 9.47 Å². The summed E-state index contributed by atoms with van der Waals surface area (Å²) in [6.07, 6.45) is 2.45. The van der Waals surface area contributed by atoms with E-state index in [9.17, 15) is 9.59 Å². The molecule has 0 aromatic carbocycles. The van der Waals surface area contributed by atoms with Crippen LogP contribution >= 0.6 is 0 Å². The number of methoxy groups -OCH3 is 1. The highest BCUT2D eigenvalue weighted by Gasteiger charge is 2.26. The van der Waals surface area contributed by atoms with Gasteiger partial charge in [-0.05, 0) is 18.6 Å². The maximum atomic E-state index is 12.8. The minimum atomic E-state index is -0.307. The van der Waals surface area contributed by atoms with Crippen molar-refractivity contribution in [1.82, 2.24) is 19.6 Å². The van der Waals surface area contributed by atoms with E-state index in [-0.39, 0.29) is 17.6 Å². The molecule has 2 aromatic heterocycles. The number of hydrogen-bond acceptors (Lipinski definition) is 5. The molecule has 8 nitrogen and oxygen atoms in total. The van der Waals surface area contributed by atoms with Gasteiger partial charge in [0.1, 0.15) is 0 Å². The number of morpholine rings is 1. The zero-order chi connectivity index (χ0) is 17.6. The number of fused-ring (bicyclic) bond motifs is 1. The molecule has 0 unspecified atom stereocenters. The molecule has 2 aromatic rings. The van der Waals surface area contributed by atoms with Crippen molar-refractivity contribution in [2.75, 3.05) is 46.6 Å². The van der Waals surface area contributed by atoms with Crippen LogP contribution in [0.2, 0.25) is 0 Å². The number of carbonyl (C=O) groups excluding carboxylic acids is 2. The molecule has 0 bridgehead atoms. The minimum Gasteiger partial charge on any atom is -0.385 e. The third kappa shape index (κ3) is 3.80. The summed E-state index contributed by atoms with van der Waals surface area (Å²) in [6, 6.07) is 5.43. The zero-order valence-electron chi connectivity index (χ0n) is 14.2. The Hall–Kier alpha value is -2.45. The van der Waals surface area contributed by atoms with Gasteiger partial charge >= 0.3 is 0 Å². The summed E-state index contributed by atoms with van der Waals surface area (Å²) in [4.78, 5) is 31.3. The van der Waals surface area contributed by atoms with Gasteiger partial charge in [-0.25, -0.2) is 4.98 Å². The quantitative estimate of drug-likeness (QED) is 0.773. The first-order valence-corrected chi connectivity index (χ1v) is 8.33. The van der Waals surface area contributed by atoms with Crippen molar-refractivity contribution in [2.45, 2.75) is 6.42 Å². The monoisotopic (exact) mass is 346 g/mol. The first-order valence-electron chi connectivity index (χ1n) is 8.33. The van der Waals surface area contributed by atoms with Crippen LogP contribution in [0.25, 0.3) is 5.52 Å². The lowest BCUT2D eigenvalue weighted by Crippen LogP contribution is -2.41. The van der Waals surface area contributed by atoms with E-state index in [0.717, 1.165) is 0 Å². The van der Waals surface area contributed by atoms with Crippen LogP contribution in [0, 0.1) is 0 Å². The van der Waals surface area contributed by atoms with E-state index in [1.807, 2.05) is 6.07 Å². The molecule has 0 atom stereocenters. The molecule has 8 heteroatoms. The van der Waals surface area contributed by atoms with E-state index in [4.69, 9.17) is 9.47 Å². The SMILES string of the molecule is COCCCNC(=O)c1nc(C(=O)N2CCOCC2)c2ccccn12. The Morgan fingerprint density at radius 1 is 1.32 bits per heavy atom. The summed E-state index contributed by atoms with van der Waals surface area (Å²) >= 11 is 0. The van der Waals surface area contributed by atoms with Gasteiger partial charge in [-0.1, -0.05) is 6.07 Å². The van der Waals surface area contributed by atoms with Gasteiger partial charge in [0.2, 0.25) is 5.82 Å². The summed E-state index contributed by atoms with van der Waals surface area (Å²) in [5.74, 6) is -0.270. The molecular formula is C17H22N4O4. The van der Waals surface area contributed by atoms with E-state index in [0.29, 0.717) is 57.1 Å². The second-order valence-electron chi connectivity index (χ2n) is 5.75. The van der Waals surface area contributed by atoms with Crippen molar-refractivity contribution < 1.29 is 19.1 Å². The largest absolute Gasteiger partial charge is 0.385 e. The van der Waals surface area contributed by atoms with Gasteiger partial charge < -0.3 is 19.7 Å². The topological polar surface area (TPSA) is 85.2 Å². The second-order valence-corrected chi connectivity index (χ2v) is 5.75. The number of aromatic nitrogens is 2. The van der Waals surface area contributed by atoms with Crippen molar-refractivity contribution >= 4 is 17.3 Å². The van der Waals surface area contributed by atoms with Gasteiger partial charge in [0.25, 0.3) is 11.8 Å². The van der Waals surface area contributed by atoms with E-state index in [1.165, 1.54) is 0 Å². The second kappa shape index (κ2) is 8.09. The number of imidazole rings is 1. The fraction of sp³-hybridized carbons (Fsp3) is 0.471. The molecule has 3 heterocycles. The summed E-state index contributed by atoms with van der Waals surface area (Å²) in [5, 5.41) is 2.81. The van der Waals surface area contributed by atoms with Crippen molar-refractivity contribution in [3.05, 3.63) is 35.9 Å². The number of hydrogen-bond donors (Lipinski definition) is 1. The summed E-state index contributed by atoms with van der Waals surface area (Å²) in [5.41, 5.74) is 0.922. The number of nitrogens with one attached hydrogen (secondary N) is 1. The number of pyridine rings is 1. The molecule has 1 aliphatic rings. The van der Waals surface area contributed by atoms with Crippen LogP contribution in [-0.4, -0.2) is 72.7 Å². The molecule has 0 radical (unpaired) electrons. The molecule has 134 valence electrons. The highest BCUT2D eigenvalue weighted by atomic mass is 16.5. The summed E-state index contributed by atoms with van der Waals surface area (Å²) in [6.45, 7) is 3.16. The van der Waals surface area contributed by atoms with Crippen LogP contribution in [0.15, 0.2) is 24.4 Å². The molecule has 25 heavy (non-hydrogen) atoms. The Bertz CT molecular complexity index is 752. The van der Waals surface area contributed by atoms with Crippen LogP contribution < -0.4 is 5.32 Å². The van der Waals surface area contributed by atoms with Crippen molar-refractivity contribution in [2.24, 2.45) is 0 Å². The summed E-state index contributed by atoms with van der Waals surface area (Å²) < 4.78 is 11.9. The zero-order valence-corrected chi connectivity index (χ0v) is 14.2. The number of amides is 2. The molecule has 3 rings (SSSR count). The summed E-state index contributed by atoms with van der Waals surface area (Å²) in [7, 11) is 1.62. The van der Waals surface area contributed by atoms with Gasteiger partial charge in [-0.2, -0.15) is 0 Å². The normalized spacial score (nSPS) is 14.7. The molecule has 0 saturated carbocycles. The van der Waals surface area contributed by atoms with E-state index in [2.05, 4.69) is 10.3 Å². The molecule has 1 fully saturated rings. The molecule has 1 saturated heterocycles. The van der Waals surface area contributed by atoms with Crippen LogP contribution in [0.5, 0.6) is 0 Å². The minimum absolute atomic E-state index is 0.176. The van der Waals surface area contributed by atoms with Crippen LogP contribution in [0.1, 0.15) is 27.5 Å². The van der Waals surface area contributed by atoms with E-state index >= 15 is 0 Å². The Balaban J connectivity index is 1.84. The highest BCUT2D eigenvalue weighted by Crippen LogP contribution is 2.16. The molecule has 0 aliphatic carbocycles. The van der Waals surface area contributed by atoms with Crippen LogP contribution in [0.3, 0.4) is 0 Å². The lowest BCUT2D eigenvalue weighted by molar-refractivity contribution is 0.0300. The number of nitrogens with zero attached hydrogens (tertiary/aromatic N) is 3. The fourth-order valence-electron chi connectivity index (χ4n) is 2.77. The van der Waals surface area contributed by atoms with E-state index in [1.54, 1.807) is 34.7 Å². The molecular weight excluding hydrogens is 324 g/mol. The average Bonchev–Trinajstić information content (AvgIpc) is 3.05. The Morgan fingerprint density at radius 3 is 2.88 bits per heavy atom. The lowest BCUT2D eigenvalue weighted by atomic mass is 10.3. The van der Waals surface area contributed by atoms with Gasteiger partial charge in [0, 0.05) is 39.5 Å². The first kappa shape index (κ1) is 17.4. The molecule has 1 N–H and O–H groups in total. The van der Waals surface area contributed by atoms with Gasteiger partial charge in [-0.15, -0.1) is 0 Å². The molecule has 1 aliphatic heterocycles. The smallest absolute Gasteiger partial charge is 0.287 e. The Kier molecular flexibility index (Phi) is 5.62. The fourth-order valence-corrected chi connectivity index (χ4v) is 2.77. The predicted molar refractivity (Wildman–Crippen MR) is 90.7 cm³/mol. The van der Waals surface area contributed by atoms with E-state index < -0.39 is 0 Å². The third-order valence-corrected chi connectivity index (χ3v) is 4.06. The number of carbonyl (C=O) groups is 2. The highest BCUT2D eigenvalue weighted by molar-refractivity contribution is 6.02. The van der Waals surface area contributed by atoms with Gasteiger partial charge in [0.15, 0.2) is 5.69 Å². The standard InChI is InChI=1S/C17H22N4O4/c1-24-10-4-6-18-16(22)15-19-14(13-5-2-3-7-21(13)15)17(23)20-8-11-25-12-9-20/h2-3,5,7H,4,6,8-12H2,1H3,(H,18,22). The third-order valence-electron chi connectivity index (χ3n) is 4.06. The number of rotatable bonds is 6. The predicted octanol–water partition coefficient (Wildman–Crippen LogP) is 0.573. The Labute approximate surface area is 145 Å². The van der Waals surface area contributed by atoms with Gasteiger partial charge in [0.05, 0.1) is 18.7 Å². The van der Waals surface area contributed by atoms with Crippen molar-refractivity contribution in [3.63, 3.8) is 0 Å². The number of ether oxygens (including phenoxy) is 2. The molecule has 2 amide bonds. The van der Waals surface area contributed by atoms with Crippen molar-refractivity contribution in [1.29, 1.82) is 0 Å². The van der Waals surface area contributed by atoms with Gasteiger partial charge in [-0.3, -0.25) is 14.0 Å². The maximum absolute atomic E-state index is 12.8. The average molecular weight is 346 g/mol. The lowest BCUT2D eigenvalue weighted by Gasteiger charge is -2.26. The first-order chi connectivity index (χ1) is 12.2. The molecule has 0 spiro atoms. The maximum Gasteiger partial charge on any atom is 0.287 e. The van der Waals surface area contributed by atoms with Crippen LogP contribution in [0.4, 0.5) is 0 Å². The Morgan fingerprint density at radius 2 is 2.12 bits per heavy atom. The van der Waals surface area contributed by atoms with Crippen molar-refractivity contribution in [3.8, 4) is 0 Å².